The van der Waals surface area contributed by atoms with Crippen LogP contribution in [0.2, 0.25) is 0 Å². The normalized spacial score (nSPS) is 16.2. The van der Waals surface area contributed by atoms with Crippen molar-refractivity contribution in [1.82, 2.24) is 15.2 Å². The number of aromatic nitrogens is 3. The van der Waals surface area contributed by atoms with Crippen LogP contribution >= 0.6 is 0 Å². The fourth-order valence-electron chi connectivity index (χ4n) is 4.57. The van der Waals surface area contributed by atoms with Gasteiger partial charge in [0, 0.05) is 40.9 Å². The van der Waals surface area contributed by atoms with Gasteiger partial charge in [-0.1, -0.05) is 6.07 Å². The SMILES string of the molecule is CS(=O)(=O)c1ccc2nc(Nc3ccc4c(c3)N(C(=O)C3CC3)CCC4)c3[nH]ncc3c2c1. The minimum absolute atomic E-state index is 0.177. The molecule has 2 aliphatic rings. The van der Waals surface area contributed by atoms with E-state index >= 15 is 0 Å². The first-order valence-electron chi connectivity index (χ1n) is 11.1. The van der Waals surface area contributed by atoms with Crippen molar-refractivity contribution in [2.75, 3.05) is 23.0 Å². The van der Waals surface area contributed by atoms with Crippen LogP contribution in [0.25, 0.3) is 21.8 Å². The molecule has 2 aromatic carbocycles. The van der Waals surface area contributed by atoms with E-state index in [0.29, 0.717) is 16.9 Å². The summed E-state index contributed by atoms with van der Waals surface area (Å²) in [5, 5.41) is 12.0. The van der Waals surface area contributed by atoms with Crippen LogP contribution in [-0.2, 0) is 21.1 Å². The zero-order valence-electron chi connectivity index (χ0n) is 18.1. The number of benzene rings is 2. The molecule has 8 nitrogen and oxygen atoms in total. The summed E-state index contributed by atoms with van der Waals surface area (Å²) in [6.07, 6.45) is 6.79. The van der Waals surface area contributed by atoms with Crippen LogP contribution < -0.4 is 10.2 Å². The molecular weight excluding hydrogens is 438 g/mol. The van der Waals surface area contributed by atoms with Crippen LogP contribution in [0.1, 0.15) is 24.8 Å². The maximum absolute atomic E-state index is 12.8. The third kappa shape index (κ3) is 3.52. The highest BCUT2D eigenvalue weighted by Gasteiger charge is 2.35. The number of rotatable bonds is 4. The molecule has 1 fully saturated rings. The van der Waals surface area contributed by atoms with Crippen molar-refractivity contribution < 1.29 is 13.2 Å². The number of pyridine rings is 1. The van der Waals surface area contributed by atoms with E-state index in [1.54, 1.807) is 24.4 Å². The molecule has 0 radical (unpaired) electrons. The van der Waals surface area contributed by atoms with Crippen molar-refractivity contribution in [3.63, 3.8) is 0 Å². The summed E-state index contributed by atoms with van der Waals surface area (Å²) in [5.74, 6) is 1.00. The quantitative estimate of drug-likeness (QED) is 0.476. The Balaban J connectivity index is 1.41. The number of anilines is 3. The van der Waals surface area contributed by atoms with Crippen LogP contribution in [0.3, 0.4) is 0 Å². The molecule has 2 aromatic heterocycles. The molecule has 1 aliphatic heterocycles. The van der Waals surface area contributed by atoms with Gasteiger partial charge in [-0.05, 0) is 61.6 Å². The molecule has 2 N–H and O–H groups in total. The third-order valence-corrected chi connectivity index (χ3v) is 7.56. The molecule has 4 aromatic rings. The molecule has 1 amide bonds. The smallest absolute Gasteiger partial charge is 0.230 e. The predicted octanol–water partition coefficient (Wildman–Crippen LogP) is 3.95. The molecule has 1 saturated carbocycles. The van der Waals surface area contributed by atoms with E-state index in [0.717, 1.165) is 54.4 Å². The van der Waals surface area contributed by atoms with Crippen LogP contribution in [0.4, 0.5) is 17.2 Å². The van der Waals surface area contributed by atoms with E-state index in [1.165, 1.54) is 11.8 Å². The molecule has 1 aliphatic carbocycles. The summed E-state index contributed by atoms with van der Waals surface area (Å²) in [4.78, 5) is 19.7. The van der Waals surface area contributed by atoms with Crippen molar-refractivity contribution in [2.45, 2.75) is 30.6 Å². The molecular formula is C24H23N5O3S. The molecule has 3 heterocycles. The number of carbonyl (C=O) groups excluding carboxylic acids is 1. The van der Waals surface area contributed by atoms with Gasteiger partial charge in [0.25, 0.3) is 0 Å². The maximum Gasteiger partial charge on any atom is 0.230 e. The van der Waals surface area contributed by atoms with Crippen molar-refractivity contribution in [3.05, 3.63) is 48.2 Å². The first-order chi connectivity index (χ1) is 15.9. The average molecular weight is 462 g/mol. The zero-order chi connectivity index (χ0) is 22.7. The summed E-state index contributed by atoms with van der Waals surface area (Å²) in [6.45, 7) is 0.757. The van der Waals surface area contributed by atoms with E-state index < -0.39 is 9.84 Å². The number of nitrogens with one attached hydrogen (secondary N) is 2. The highest BCUT2D eigenvalue weighted by molar-refractivity contribution is 7.90. The summed E-state index contributed by atoms with van der Waals surface area (Å²) in [5.41, 5.74) is 4.36. The molecule has 33 heavy (non-hydrogen) atoms. The Kier molecular flexibility index (Phi) is 4.45. The maximum atomic E-state index is 12.8. The van der Waals surface area contributed by atoms with Gasteiger partial charge in [-0.2, -0.15) is 5.10 Å². The van der Waals surface area contributed by atoms with Gasteiger partial charge in [0.05, 0.1) is 16.6 Å². The summed E-state index contributed by atoms with van der Waals surface area (Å²) < 4.78 is 24.0. The highest BCUT2D eigenvalue weighted by atomic mass is 32.2. The Morgan fingerprint density at radius 2 is 2.00 bits per heavy atom. The van der Waals surface area contributed by atoms with E-state index in [-0.39, 0.29) is 16.7 Å². The van der Waals surface area contributed by atoms with Gasteiger partial charge >= 0.3 is 0 Å². The third-order valence-electron chi connectivity index (χ3n) is 6.45. The second-order valence-electron chi connectivity index (χ2n) is 8.91. The molecule has 168 valence electrons. The molecule has 0 atom stereocenters. The van der Waals surface area contributed by atoms with Crippen LogP contribution in [0, 0.1) is 5.92 Å². The fourth-order valence-corrected chi connectivity index (χ4v) is 5.21. The fraction of sp³-hybridized carbons (Fsp3) is 0.292. The van der Waals surface area contributed by atoms with Crippen molar-refractivity contribution in [3.8, 4) is 0 Å². The predicted molar refractivity (Wildman–Crippen MR) is 128 cm³/mol. The van der Waals surface area contributed by atoms with E-state index in [1.807, 2.05) is 17.0 Å². The first kappa shape index (κ1) is 20.2. The van der Waals surface area contributed by atoms with Gasteiger partial charge in [-0.15, -0.1) is 0 Å². The van der Waals surface area contributed by atoms with Crippen LogP contribution in [0.15, 0.2) is 47.5 Å². The summed E-state index contributed by atoms with van der Waals surface area (Å²) in [7, 11) is -3.33. The van der Waals surface area contributed by atoms with Crippen molar-refractivity contribution in [2.24, 2.45) is 5.92 Å². The van der Waals surface area contributed by atoms with E-state index in [9.17, 15) is 13.2 Å². The Bertz CT molecular complexity index is 1540. The largest absolute Gasteiger partial charge is 0.338 e. The number of carbonyl (C=O) groups is 1. The number of sulfone groups is 1. The minimum atomic E-state index is -3.33. The Morgan fingerprint density at radius 1 is 1.15 bits per heavy atom. The number of hydrogen-bond donors (Lipinski definition) is 2. The lowest BCUT2D eigenvalue weighted by atomic mass is 10.0. The molecule has 0 unspecified atom stereocenters. The number of aromatic amines is 1. The standard InChI is InChI=1S/C24H23N5O3S/c1-33(31,32)17-8-9-20-18(12-17)19-13-25-28-22(19)23(27-20)26-16-7-6-14-3-2-10-29(21(14)11-16)24(30)15-4-5-15/h6-9,11-13,15H,2-5,10H2,1H3,(H,25,28)(H,26,27). The monoisotopic (exact) mass is 461 g/mol. The van der Waals surface area contributed by atoms with Gasteiger partial charge < -0.3 is 10.2 Å². The molecule has 0 spiro atoms. The van der Waals surface area contributed by atoms with Crippen molar-refractivity contribution >= 4 is 54.7 Å². The van der Waals surface area contributed by atoms with Gasteiger partial charge in [0.2, 0.25) is 5.91 Å². The van der Waals surface area contributed by atoms with Gasteiger partial charge in [-0.25, -0.2) is 13.4 Å². The minimum Gasteiger partial charge on any atom is -0.338 e. The lowest BCUT2D eigenvalue weighted by Crippen LogP contribution is -2.36. The second-order valence-corrected chi connectivity index (χ2v) is 10.9. The average Bonchev–Trinajstić information content (AvgIpc) is 3.53. The first-order valence-corrected chi connectivity index (χ1v) is 13.0. The number of aryl methyl sites for hydroxylation is 1. The Labute approximate surface area is 190 Å². The van der Waals surface area contributed by atoms with Crippen LogP contribution in [-0.4, -0.2) is 42.3 Å². The number of H-pyrrole nitrogens is 1. The van der Waals surface area contributed by atoms with E-state index in [2.05, 4.69) is 21.6 Å². The number of fused-ring (bicyclic) bond motifs is 4. The van der Waals surface area contributed by atoms with E-state index in [4.69, 9.17) is 4.98 Å². The molecule has 0 bridgehead atoms. The summed E-state index contributed by atoms with van der Waals surface area (Å²) in [6, 6.07) is 11.0. The van der Waals surface area contributed by atoms with Crippen molar-refractivity contribution in [1.29, 1.82) is 0 Å². The number of amides is 1. The lowest BCUT2D eigenvalue weighted by Gasteiger charge is -2.30. The zero-order valence-corrected chi connectivity index (χ0v) is 18.9. The molecule has 6 rings (SSSR count). The Hall–Kier alpha value is -3.46. The number of nitrogens with zero attached hydrogens (tertiary/aromatic N) is 3. The number of hydrogen-bond acceptors (Lipinski definition) is 6. The topological polar surface area (TPSA) is 108 Å². The Morgan fingerprint density at radius 3 is 2.79 bits per heavy atom. The molecule has 9 heteroatoms. The highest BCUT2D eigenvalue weighted by Crippen LogP contribution is 2.38. The van der Waals surface area contributed by atoms with Gasteiger partial charge in [0.15, 0.2) is 15.7 Å². The summed E-state index contributed by atoms with van der Waals surface area (Å²) >= 11 is 0. The van der Waals surface area contributed by atoms with Crippen LogP contribution in [0.5, 0.6) is 0 Å². The molecule has 0 saturated heterocycles. The second kappa shape index (κ2) is 7.28. The van der Waals surface area contributed by atoms with Gasteiger partial charge in [-0.3, -0.25) is 9.89 Å². The van der Waals surface area contributed by atoms with Gasteiger partial charge in [0.1, 0.15) is 5.52 Å². The lowest BCUT2D eigenvalue weighted by molar-refractivity contribution is -0.119.